The summed E-state index contributed by atoms with van der Waals surface area (Å²) in [7, 11) is 0.944. The largest absolute Gasteiger partial charge is 0.525 e. The Balaban J connectivity index is 2.47. The highest BCUT2D eigenvalue weighted by atomic mass is 19.4. The third-order valence-electron chi connectivity index (χ3n) is 3.27. The molecule has 1 aromatic carbocycles. The van der Waals surface area contributed by atoms with Crippen LogP contribution in [-0.4, -0.2) is 30.1 Å². The van der Waals surface area contributed by atoms with Crippen molar-refractivity contribution in [2.24, 2.45) is 0 Å². The molecular weight excluding hydrogens is 301 g/mol. The number of halogens is 3. The minimum absolute atomic E-state index is 0.108. The molecule has 0 saturated carbocycles. The van der Waals surface area contributed by atoms with E-state index < -0.39 is 24.4 Å². The van der Waals surface area contributed by atoms with Crippen molar-refractivity contribution >= 4 is 11.4 Å². The van der Waals surface area contributed by atoms with Crippen molar-refractivity contribution in [1.29, 1.82) is 0 Å². The lowest BCUT2D eigenvalue weighted by molar-refractivity contribution is -0.399. The molecule has 0 fully saturated rings. The van der Waals surface area contributed by atoms with Crippen LogP contribution in [0.5, 0.6) is 0 Å². The van der Waals surface area contributed by atoms with Gasteiger partial charge in [0.2, 0.25) is 11.6 Å². The molecule has 1 N–H and O–H groups in total. The number of aliphatic hydroxyl groups excluding tert-OH is 1. The van der Waals surface area contributed by atoms with Crippen LogP contribution in [0.25, 0.3) is 5.57 Å². The predicted octanol–water partition coefficient (Wildman–Crippen LogP) is 3.36. The van der Waals surface area contributed by atoms with E-state index in [2.05, 4.69) is 4.74 Å². The quantitative estimate of drug-likeness (QED) is 0.686. The summed E-state index contributed by atoms with van der Waals surface area (Å²) in [6, 6.07) is 8.52. The monoisotopic (exact) mass is 314 g/mol. The highest BCUT2D eigenvalue weighted by Gasteiger charge is 2.51. The number of methoxy groups -OCH3 is 1. The topological polar surface area (TPSA) is 55.8 Å². The van der Waals surface area contributed by atoms with E-state index >= 15 is 0 Å². The van der Waals surface area contributed by atoms with E-state index in [0.29, 0.717) is 17.4 Å². The van der Waals surface area contributed by atoms with Crippen molar-refractivity contribution in [3.8, 4) is 0 Å². The van der Waals surface area contributed by atoms with E-state index in [0.717, 1.165) is 13.2 Å². The average Bonchev–Trinajstić information content (AvgIpc) is 2.48. The molecule has 0 radical (unpaired) electrons. The van der Waals surface area contributed by atoms with E-state index in [1.165, 1.54) is 0 Å². The summed E-state index contributed by atoms with van der Waals surface area (Å²) in [6.07, 6.45) is -3.97. The first-order chi connectivity index (χ1) is 10.3. The smallest absolute Gasteiger partial charge is 0.515 e. The Morgan fingerprint density at radius 1 is 1.27 bits per heavy atom. The molecule has 4 nitrogen and oxygen atoms in total. The van der Waals surface area contributed by atoms with Crippen LogP contribution in [0.2, 0.25) is 0 Å². The zero-order valence-corrected chi connectivity index (χ0v) is 11.6. The molecule has 0 amide bonds. The molecule has 7 heteroatoms. The zero-order valence-electron chi connectivity index (χ0n) is 11.6. The number of benzene rings is 1. The van der Waals surface area contributed by atoms with Gasteiger partial charge in [0, 0.05) is 19.1 Å². The van der Waals surface area contributed by atoms with Gasteiger partial charge < -0.3 is 9.84 Å². The molecule has 22 heavy (non-hydrogen) atoms. The van der Waals surface area contributed by atoms with Gasteiger partial charge in [-0.05, 0) is 17.2 Å². The number of rotatable bonds is 3. The summed E-state index contributed by atoms with van der Waals surface area (Å²) in [5.41, 5.74) is 1.02. The molecule has 1 atom stereocenters. The van der Waals surface area contributed by atoms with E-state index in [-0.39, 0.29) is 5.57 Å². The van der Waals surface area contributed by atoms with Crippen LogP contribution >= 0.6 is 0 Å². The summed E-state index contributed by atoms with van der Waals surface area (Å²) in [4.78, 5) is 12.1. The number of allylic oxidation sites excluding steroid dienone is 1. The third kappa shape index (κ3) is 3.20. The Labute approximate surface area is 124 Å². The highest BCUT2D eigenvalue weighted by Crippen LogP contribution is 2.40. The summed E-state index contributed by atoms with van der Waals surface area (Å²) < 4.78 is 46.2. The molecule has 0 bridgehead atoms. The number of hydrogen-bond acceptors (Lipinski definition) is 4. The molecule has 0 saturated heterocycles. The first-order valence-electron chi connectivity index (χ1n) is 6.28. The van der Waals surface area contributed by atoms with Gasteiger partial charge in [0.25, 0.3) is 0 Å². The third-order valence-corrected chi connectivity index (χ3v) is 3.27. The maximum Gasteiger partial charge on any atom is 0.525 e. The zero-order chi connectivity index (χ0) is 16.4. The SMILES string of the molecule is COC1(OC(F)(F)F)CC(=CO)C(c2ccccc2)=CC1=O. The number of ketones is 1. The fourth-order valence-corrected chi connectivity index (χ4v) is 2.26. The van der Waals surface area contributed by atoms with Crippen molar-refractivity contribution in [1.82, 2.24) is 0 Å². The first-order valence-corrected chi connectivity index (χ1v) is 6.28. The van der Waals surface area contributed by atoms with Crippen LogP contribution in [0.3, 0.4) is 0 Å². The molecule has 0 aromatic heterocycles. The lowest BCUT2D eigenvalue weighted by atomic mass is 9.85. The van der Waals surface area contributed by atoms with E-state index in [1.54, 1.807) is 30.3 Å². The van der Waals surface area contributed by atoms with Gasteiger partial charge in [-0.1, -0.05) is 30.3 Å². The Bertz CT molecular complexity index is 619. The van der Waals surface area contributed by atoms with Gasteiger partial charge in [0.15, 0.2) is 0 Å². The highest BCUT2D eigenvalue weighted by molar-refractivity contribution is 6.07. The van der Waals surface area contributed by atoms with Crippen molar-refractivity contribution < 1.29 is 32.5 Å². The van der Waals surface area contributed by atoms with Crippen molar-refractivity contribution in [3.63, 3.8) is 0 Å². The van der Waals surface area contributed by atoms with E-state index in [1.807, 2.05) is 0 Å². The lowest BCUT2D eigenvalue weighted by Gasteiger charge is -2.34. The molecule has 1 aromatic rings. The van der Waals surface area contributed by atoms with Gasteiger partial charge in [-0.3, -0.25) is 9.53 Å². The van der Waals surface area contributed by atoms with Crippen molar-refractivity contribution in [2.45, 2.75) is 18.6 Å². The molecular formula is C15H13F3O4. The minimum atomic E-state index is -5.05. The van der Waals surface area contributed by atoms with Gasteiger partial charge in [0.1, 0.15) is 0 Å². The maximum atomic E-state index is 12.5. The van der Waals surface area contributed by atoms with E-state index in [4.69, 9.17) is 4.74 Å². The average molecular weight is 314 g/mol. The number of hydrogen-bond donors (Lipinski definition) is 1. The fraction of sp³-hybridized carbons (Fsp3) is 0.267. The maximum absolute atomic E-state index is 12.5. The van der Waals surface area contributed by atoms with Crippen LogP contribution in [0.4, 0.5) is 13.2 Å². The molecule has 0 aliphatic heterocycles. The van der Waals surface area contributed by atoms with Crippen LogP contribution in [0.15, 0.2) is 48.2 Å². The van der Waals surface area contributed by atoms with Crippen LogP contribution in [-0.2, 0) is 14.3 Å². The Morgan fingerprint density at radius 2 is 1.91 bits per heavy atom. The lowest BCUT2D eigenvalue weighted by Crippen LogP contribution is -2.48. The van der Waals surface area contributed by atoms with Crippen LogP contribution in [0.1, 0.15) is 12.0 Å². The number of ether oxygens (including phenoxy) is 2. The second kappa shape index (κ2) is 5.94. The predicted molar refractivity (Wildman–Crippen MR) is 71.6 cm³/mol. The second-order valence-electron chi connectivity index (χ2n) is 4.62. The molecule has 118 valence electrons. The van der Waals surface area contributed by atoms with E-state index in [9.17, 15) is 23.1 Å². The first kappa shape index (κ1) is 16.3. The summed E-state index contributed by atoms with van der Waals surface area (Å²) in [5.74, 6) is -3.50. The molecule has 0 heterocycles. The number of carbonyl (C=O) groups is 1. The molecule has 1 aliphatic carbocycles. The van der Waals surface area contributed by atoms with Gasteiger partial charge in [-0.15, -0.1) is 13.2 Å². The van der Waals surface area contributed by atoms with Gasteiger partial charge in [-0.25, -0.2) is 0 Å². The number of carbonyl (C=O) groups excluding carboxylic acids is 1. The number of alkyl halides is 3. The normalized spacial score (nSPS) is 24.5. The van der Waals surface area contributed by atoms with Crippen LogP contribution in [0, 0.1) is 0 Å². The van der Waals surface area contributed by atoms with Crippen molar-refractivity contribution in [2.75, 3.05) is 7.11 Å². The standard InChI is InChI=1S/C15H13F3O4/c1-21-14(22-15(16,17)18)8-11(9-19)12(7-13(14)20)10-5-3-2-4-6-10/h2-7,9,19H,8H2,1H3. The van der Waals surface area contributed by atoms with Gasteiger partial charge in [0.05, 0.1) is 6.26 Å². The Kier molecular flexibility index (Phi) is 4.39. The summed E-state index contributed by atoms with van der Waals surface area (Å²) in [5, 5.41) is 9.33. The fourth-order valence-electron chi connectivity index (χ4n) is 2.26. The molecule has 0 spiro atoms. The second-order valence-corrected chi connectivity index (χ2v) is 4.62. The molecule has 1 aliphatic rings. The van der Waals surface area contributed by atoms with Crippen molar-refractivity contribution in [3.05, 3.63) is 53.8 Å². The summed E-state index contributed by atoms with van der Waals surface area (Å²) >= 11 is 0. The number of aliphatic hydroxyl groups is 1. The Morgan fingerprint density at radius 3 is 2.41 bits per heavy atom. The minimum Gasteiger partial charge on any atom is -0.515 e. The summed E-state index contributed by atoms with van der Waals surface area (Å²) in [6.45, 7) is 0. The van der Waals surface area contributed by atoms with Gasteiger partial charge in [-0.2, -0.15) is 0 Å². The molecule has 1 unspecified atom stereocenters. The Hall–Kier alpha value is -2.12. The van der Waals surface area contributed by atoms with Gasteiger partial charge >= 0.3 is 6.36 Å². The molecule has 2 rings (SSSR count). The van der Waals surface area contributed by atoms with Crippen LogP contribution < -0.4 is 0 Å².